The van der Waals surface area contributed by atoms with Gasteiger partial charge in [0.25, 0.3) is 0 Å². The highest BCUT2D eigenvalue weighted by atomic mass is 19.1. The summed E-state index contributed by atoms with van der Waals surface area (Å²) in [7, 11) is 0. The Bertz CT molecular complexity index is 1160. The molecule has 6 nitrogen and oxygen atoms in total. The standard InChI is InChI=1S/C27H33FN4O2/c1-19(16-30-13-12-21-15-22(28)10-11-25(21)30)32(27(33)34)23(14-20-6-2-3-7-20)17-31-18-29-24-8-4-5-9-26(24)31/h4-5,8-11,15,18-20,23H,2-3,6-7,12-14,16-17H2,1H3,(H,33,34)/t19-,23-/m0/s1. The van der Waals surface area contributed by atoms with Crippen molar-refractivity contribution in [2.24, 2.45) is 5.92 Å². The summed E-state index contributed by atoms with van der Waals surface area (Å²) in [6.07, 6.45) is 7.43. The second-order valence-electron chi connectivity index (χ2n) is 9.93. The molecule has 7 heteroatoms. The van der Waals surface area contributed by atoms with Gasteiger partial charge in [0.1, 0.15) is 5.82 Å². The normalized spacial score (nSPS) is 17.8. The van der Waals surface area contributed by atoms with Crippen molar-refractivity contribution in [2.75, 3.05) is 18.0 Å². The van der Waals surface area contributed by atoms with Gasteiger partial charge >= 0.3 is 6.09 Å². The molecule has 0 unspecified atom stereocenters. The monoisotopic (exact) mass is 464 g/mol. The van der Waals surface area contributed by atoms with Crippen LogP contribution < -0.4 is 4.90 Å². The number of benzene rings is 2. The summed E-state index contributed by atoms with van der Waals surface area (Å²) in [6.45, 7) is 3.98. The zero-order valence-electron chi connectivity index (χ0n) is 19.7. The molecule has 1 aliphatic heterocycles. The SMILES string of the molecule is C[C@@H](CN1CCc2cc(F)ccc21)N(C(=O)O)[C@@H](CC1CCCC1)Cn1cnc2ccccc21. The van der Waals surface area contributed by atoms with E-state index in [-0.39, 0.29) is 17.9 Å². The van der Waals surface area contributed by atoms with Gasteiger partial charge in [-0.05, 0) is 61.6 Å². The number of hydrogen-bond acceptors (Lipinski definition) is 3. The smallest absolute Gasteiger partial charge is 0.407 e. The Morgan fingerprint density at radius 1 is 1.21 bits per heavy atom. The number of para-hydroxylation sites is 2. The fourth-order valence-corrected chi connectivity index (χ4v) is 6.03. The number of hydrogen-bond donors (Lipinski definition) is 1. The minimum Gasteiger partial charge on any atom is -0.465 e. The van der Waals surface area contributed by atoms with Crippen LogP contribution in [0.2, 0.25) is 0 Å². The van der Waals surface area contributed by atoms with E-state index >= 15 is 0 Å². The average Bonchev–Trinajstić information content (AvgIpc) is 3.55. The zero-order valence-corrected chi connectivity index (χ0v) is 19.7. The van der Waals surface area contributed by atoms with Gasteiger partial charge in [-0.2, -0.15) is 0 Å². The van der Waals surface area contributed by atoms with Gasteiger partial charge in [0, 0.05) is 25.3 Å². The minimum atomic E-state index is -0.876. The van der Waals surface area contributed by atoms with Crippen molar-refractivity contribution in [3.05, 3.63) is 60.2 Å². The van der Waals surface area contributed by atoms with E-state index in [0.717, 1.165) is 41.7 Å². The summed E-state index contributed by atoms with van der Waals surface area (Å²) in [6, 6.07) is 12.6. The van der Waals surface area contributed by atoms with Gasteiger partial charge in [0.05, 0.1) is 29.4 Å². The average molecular weight is 465 g/mol. The fourth-order valence-electron chi connectivity index (χ4n) is 6.03. The molecule has 2 aromatic carbocycles. The van der Waals surface area contributed by atoms with Gasteiger partial charge in [0.2, 0.25) is 0 Å². The quantitative estimate of drug-likeness (QED) is 0.474. The van der Waals surface area contributed by atoms with Crippen molar-refractivity contribution >= 4 is 22.8 Å². The highest BCUT2D eigenvalue weighted by Gasteiger charge is 2.33. The van der Waals surface area contributed by atoms with Crippen LogP contribution in [0.5, 0.6) is 0 Å². The molecule has 2 aliphatic rings. The molecule has 1 fully saturated rings. The van der Waals surface area contributed by atoms with Gasteiger partial charge in [-0.1, -0.05) is 37.8 Å². The van der Waals surface area contributed by atoms with E-state index in [9.17, 15) is 14.3 Å². The van der Waals surface area contributed by atoms with Crippen molar-refractivity contribution in [3.8, 4) is 0 Å². The maximum absolute atomic E-state index is 13.7. The molecule has 1 amide bonds. The van der Waals surface area contributed by atoms with Crippen LogP contribution in [0.25, 0.3) is 11.0 Å². The topological polar surface area (TPSA) is 61.6 Å². The van der Waals surface area contributed by atoms with Crippen LogP contribution in [0.4, 0.5) is 14.9 Å². The van der Waals surface area contributed by atoms with Crippen LogP contribution in [-0.2, 0) is 13.0 Å². The van der Waals surface area contributed by atoms with Crippen LogP contribution in [0, 0.1) is 11.7 Å². The Labute approximate surface area is 200 Å². The molecule has 2 atom stereocenters. The Hall–Kier alpha value is -3.09. The van der Waals surface area contributed by atoms with Crippen LogP contribution in [-0.4, -0.2) is 50.8 Å². The lowest BCUT2D eigenvalue weighted by molar-refractivity contribution is 0.0885. The Morgan fingerprint density at radius 2 is 2.00 bits per heavy atom. The van der Waals surface area contributed by atoms with E-state index in [0.29, 0.717) is 19.0 Å². The van der Waals surface area contributed by atoms with Gasteiger partial charge in [-0.15, -0.1) is 0 Å². The Morgan fingerprint density at radius 3 is 2.79 bits per heavy atom. The summed E-state index contributed by atoms with van der Waals surface area (Å²) in [5, 5.41) is 10.4. The first kappa shape index (κ1) is 22.7. The Balaban J connectivity index is 1.39. The molecule has 1 aliphatic carbocycles. The van der Waals surface area contributed by atoms with Crippen LogP contribution in [0.15, 0.2) is 48.8 Å². The number of carboxylic acid groups (broad SMARTS) is 1. The first-order valence-electron chi connectivity index (χ1n) is 12.4. The molecular weight excluding hydrogens is 431 g/mol. The lowest BCUT2D eigenvalue weighted by Crippen LogP contribution is -2.51. The first-order chi connectivity index (χ1) is 16.5. The third-order valence-electron chi connectivity index (χ3n) is 7.62. The van der Waals surface area contributed by atoms with E-state index in [1.807, 2.05) is 43.6 Å². The number of carbonyl (C=O) groups is 1. The summed E-state index contributed by atoms with van der Waals surface area (Å²) in [5.41, 5.74) is 3.98. The van der Waals surface area contributed by atoms with Crippen molar-refractivity contribution in [3.63, 3.8) is 0 Å². The molecule has 1 saturated carbocycles. The molecule has 2 heterocycles. The molecule has 0 bridgehead atoms. The number of fused-ring (bicyclic) bond motifs is 2. The third kappa shape index (κ3) is 4.61. The van der Waals surface area contributed by atoms with Gasteiger partial charge in [-0.25, -0.2) is 14.2 Å². The van der Waals surface area contributed by atoms with E-state index in [2.05, 4.69) is 14.5 Å². The molecule has 0 spiro atoms. The van der Waals surface area contributed by atoms with Crippen molar-refractivity contribution in [2.45, 2.75) is 64.1 Å². The summed E-state index contributed by atoms with van der Waals surface area (Å²) >= 11 is 0. The third-order valence-corrected chi connectivity index (χ3v) is 7.62. The van der Waals surface area contributed by atoms with Crippen LogP contribution >= 0.6 is 0 Å². The van der Waals surface area contributed by atoms with Crippen LogP contribution in [0.1, 0.15) is 44.6 Å². The number of imidazole rings is 1. The zero-order chi connectivity index (χ0) is 23.7. The predicted molar refractivity (Wildman–Crippen MR) is 132 cm³/mol. The number of rotatable bonds is 8. The van der Waals surface area contributed by atoms with Crippen molar-refractivity contribution in [1.29, 1.82) is 0 Å². The molecule has 1 aromatic heterocycles. The lowest BCUT2D eigenvalue weighted by Gasteiger charge is -2.38. The van der Waals surface area contributed by atoms with Gasteiger partial charge in [0.15, 0.2) is 0 Å². The fraction of sp³-hybridized carbons (Fsp3) is 0.481. The maximum Gasteiger partial charge on any atom is 0.407 e. The molecule has 3 aromatic rings. The minimum absolute atomic E-state index is 0.136. The Kier molecular flexibility index (Phi) is 6.44. The number of aromatic nitrogens is 2. The van der Waals surface area contributed by atoms with Crippen LogP contribution in [0.3, 0.4) is 0 Å². The molecule has 0 saturated heterocycles. The van der Waals surface area contributed by atoms with E-state index in [1.54, 1.807) is 11.0 Å². The first-order valence-corrected chi connectivity index (χ1v) is 12.4. The molecule has 34 heavy (non-hydrogen) atoms. The number of halogens is 1. The summed E-state index contributed by atoms with van der Waals surface area (Å²) in [5.74, 6) is 0.342. The number of nitrogens with zero attached hydrogens (tertiary/aromatic N) is 4. The lowest BCUT2D eigenvalue weighted by atomic mass is 9.96. The van der Waals surface area contributed by atoms with E-state index < -0.39 is 6.09 Å². The predicted octanol–water partition coefficient (Wildman–Crippen LogP) is 5.56. The highest BCUT2D eigenvalue weighted by molar-refractivity contribution is 5.75. The summed E-state index contributed by atoms with van der Waals surface area (Å²) < 4.78 is 15.8. The van der Waals surface area contributed by atoms with E-state index in [4.69, 9.17) is 0 Å². The highest BCUT2D eigenvalue weighted by Crippen LogP contribution is 2.33. The molecule has 0 radical (unpaired) electrons. The van der Waals surface area contributed by atoms with Crippen molar-refractivity contribution in [1.82, 2.24) is 14.5 Å². The molecule has 1 N–H and O–H groups in total. The number of anilines is 1. The van der Waals surface area contributed by atoms with E-state index in [1.165, 1.54) is 31.7 Å². The molecule has 180 valence electrons. The van der Waals surface area contributed by atoms with Gasteiger partial charge in [-0.3, -0.25) is 4.90 Å². The largest absolute Gasteiger partial charge is 0.465 e. The van der Waals surface area contributed by atoms with Gasteiger partial charge < -0.3 is 14.6 Å². The second-order valence-corrected chi connectivity index (χ2v) is 9.93. The number of amides is 1. The second kappa shape index (κ2) is 9.65. The van der Waals surface area contributed by atoms with Crippen molar-refractivity contribution < 1.29 is 14.3 Å². The molecule has 5 rings (SSSR count). The summed E-state index contributed by atoms with van der Waals surface area (Å²) in [4.78, 5) is 21.0. The maximum atomic E-state index is 13.7. The molecular formula is C27H33FN4O2.